The van der Waals surface area contributed by atoms with Gasteiger partial charge < -0.3 is 49.4 Å². The summed E-state index contributed by atoms with van der Waals surface area (Å²) in [6, 6.07) is 4.37. The lowest BCUT2D eigenvalue weighted by Gasteiger charge is -2.61. The predicted molar refractivity (Wildman–Crippen MR) is 232 cm³/mol. The number of hydrogen-bond acceptors (Lipinski definition) is 12. The van der Waals surface area contributed by atoms with E-state index in [9.17, 15) is 0 Å². The van der Waals surface area contributed by atoms with E-state index >= 15 is 0 Å². The molecule has 4 saturated heterocycles. The summed E-state index contributed by atoms with van der Waals surface area (Å²) in [5, 5.41) is 0. The van der Waals surface area contributed by atoms with Crippen LogP contribution in [0.15, 0.2) is 0 Å². The maximum absolute atomic E-state index is 7.86. The van der Waals surface area contributed by atoms with Gasteiger partial charge >= 0.3 is 70.9 Å². The Kier molecular flexibility index (Phi) is 15.9. The van der Waals surface area contributed by atoms with E-state index in [0.717, 1.165) is 6.04 Å². The molecule has 318 valence electrons. The first-order valence-corrected chi connectivity index (χ1v) is 36.9. The summed E-state index contributed by atoms with van der Waals surface area (Å²) >= 11 is 0. The van der Waals surface area contributed by atoms with Gasteiger partial charge in [0.15, 0.2) is 0 Å². The van der Waals surface area contributed by atoms with Crippen molar-refractivity contribution in [2.24, 2.45) is 46.8 Å². The molecule has 54 heavy (non-hydrogen) atoms. The van der Waals surface area contributed by atoms with Gasteiger partial charge in [0.2, 0.25) is 0 Å². The average Bonchev–Trinajstić information content (AvgIpc) is 2.85. The molecule has 4 aliphatic rings. The molecule has 0 aliphatic carbocycles. The van der Waals surface area contributed by atoms with Crippen LogP contribution in [-0.2, 0) is 49.4 Å². The van der Waals surface area contributed by atoms with Crippen molar-refractivity contribution in [2.45, 2.75) is 166 Å². The Balaban J connectivity index is 2.26. The van der Waals surface area contributed by atoms with Crippen LogP contribution in [0.2, 0.25) is 48.4 Å². The highest BCUT2D eigenvalue weighted by atomic mass is 28.6. The van der Waals surface area contributed by atoms with Crippen LogP contribution in [0.4, 0.5) is 0 Å². The second kappa shape index (κ2) is 17.8. The SMILES string of the molecule is CC(C)C[SiH]1O[Si]2(CC(C)C)O[Si]3(CC(C)C)O[Si](CC(C)C)(O[SiH3])O[Si]4(CC(C)(C)C)O[Si](CC(C)C)(O1)O[Si](CC(C)C)(O2)O[Si](CC(C)C)(O3)O4. The second-order valence-corrected chi connectivity index (χ2v) is 45.1. The molecule has 0 aromatic rings. The van der Waals surface area contributed by atoms with Crippen LogP contribution in [0.25, 0.3) is 0 Å². The van der Waals surface area contributed by atoms with Crippen molar-refractivity contribution in [3.05, 3.63) is 0 Å². The maximum Gasteiger partial charge on any atom is 0.479 e. The van der Waals surface area contributed by atoms with Crippen molar-refractivity contribution in [1.82, 2.24) is 0 Å². The topological polar surface area (TPSA) is 111 Å². The summed E-state index contributed by atoms with van der Waals surface area (Å²) in [7, 11) is -29.2. The van der Waals surface area contributed by atoms with E-state index in [-0.39, 0.29) is 40.9 Å². The smallest absolute Gasteiger partial charge is 0.425 e. The van der Waals surface area contributed by atoms with Crippen molar-refractivity contribution >= 4 is 81.4 Å². The highest BCUT2D eigenvalue weighted by Crippen LogP contribution is 2.53. The largest absolute Gasteiger partial charge is 0.479 e. The van der Waals surface area contributed by atoms with Gasteiger partial charge in [-0.15, -0.1) is 0 Å². The van der Waals surface area contributed by atoms with E-state index in [1.54, 1.807) is 0 Å². The third kappa shape index (κ3) is 12.5. The van der Waals surface area contributed by atoms with E-state index in [2.05, 4.69) is 118 Å². The fraction of sp³-hybridized carbons (Fsp3) is 1.00. The lowest BCUT2D eigenvalue weighted by Crippen LogP contribution is -2.84. The molecule has 0 saturated carbocycles. The van der Waals surface area contributed by atoms with Crippen LogP contribution in [0.5, 0.6) is 0 Å². The van der Waals surface area contributed by atoms with Crippen LogP contribution in [0, 0.1) is 46.8 Å². The summed E-state index contributed by atoms with van der Waals surface area (Å²) in [6.07, 6.45) is 0. The van der Waals surface area contributed by atoms with Crippen LogP contribution in [-0.4, -0.2) is 81.4 Å². The molecule has 6 bridgehead atoms. The van der Waals surface area contributed by atoms with Crippen molar-refractivity contribution in [3.63, 3.8) is 0 Å². The fourth-order valence-corrected chi connectivity index (χ4v) is 57.9. The third-order valence-corrected chi connectivity index (χ3v) is 49.7. The van der Waals surface area contributed by atoms with E-state index in [4.69, 9.17) is 49.4 Å². The van der Waals surface area contributed by atoms with Gasteiger partial charge in [-0.2, -0.15) is 0 Å². The maximum atomic E-state index is 7.86. The first-order valence-electron chi connectivity index (χ1n) is 20.8. The van der Waals surface area contributed by atoms with Crippen LogP contribution < -0.4 is 0 Å². The minimum absolute atomic E-state index is 0.138. The molecule has 8 atom stereocenters. The Bertz CT molecular complexity index is 1250. The standard InChI is InChI=1S/C33H78O12Si9/c1-26(2)18-47-35-49(20-28(5)6)39-51(22-30(9)10)37-48(34-46,19-27(3)4)38-54(25-33(15,16)17)42-50(36-47,21-29(7)8)41-52(40-49,23-31(11)12)44-53(43-51,45-54)24-32(13)14/h26-32,47H,18-25H2,1-17,46H3. The fourth-order valence-electron chi connectivity index (χ4n) is 8.09. The molecule has 4 rings (SSSR count). The second-order valence-electron chi connectivity index (χ2n) is 20.5. The summed E-state index contributed by atoms with van der Waals surface area (Å²) < 4.78 is 92.2. The summed E-state index contributed by atoms with van der Waals surface area (Å²) in [4.78, 5) is 0. The van der Waals surface area contributed by atoms with Crippen molar-refractivity contribution < 1.29 is 49.4 Å². The zero-order chi connectivity index (χ0) is 40.8. The van der Waals surface area contributed by atoms with E-state index in [1.807, 2.05) is 0 Å². The van der Waals surface area contributed by atoms with Gasteiger partial charge in [-0.3, -0.25) is 0 Å². The minimum Gasteiger partial charge on any atom is -0.425 e. The van der Waals surface area contributed by atoms with Crippen LogP contribution in [0.1, 0.15) is 118 Å². The molecule has 21 heteroatoms. The van der Waals surface area contributed by atoms with Gasteiger partial charge in [0, 0.05) is 42.3 Å². The van der Waals surface area contributed by atoms with Gasteiger partial charge in [0.1, 0.15) is 10.5 Å². The first-order chi connectivity index (χ1) is 24.6. The van der Waals surface area contributed by atoms with E-state index in [1.165, 1.54) is 0 Å². The zero-order valence-electron chi connectivity index (χ0n) is 37.2. The number of fused-ring (bicyclic) bond motifs is 4. The monoisotopic (exact) mass is 918 g/mol. The average molecular weight is 920 g/mol. The van der Waals surface area contributed by atoms with Gasteiger partial charge in [-0.1, -0.05) is 118 Å². The molecule has 0 amide bonds. The molecule has 0 aromatic heterocycles. The van der Waals surface area contributed by atoms with Crippen molar-refractivity contribution in [2.75, 3.05) is 0 Å². The Labute approximate surface area is 342 Å². The Morgan fingerprint density at radius 3 is 1.06 bits per heavy atom. The molecular weight excluding hydrogens is 841 g/mol. The zero-order valence-corrected chi connectivity index (χ0v) is 47.3. The number of rotatable bonds is 16. The molecule has 4 fully saturated rings. The summed E-state index contributed by atoms with van der Waals surface area (Å²) in [6.45, 7) is 37.3. The van der Waals surface area contributed by atoms with Crippen LogP contribution >= 0.6 is 0 Å². The lowest BCUT2D eigenvalue weighted by molar-refractivity contribution is -0.00335. The van der Waals surface area contributed by atoms with E-state index in [0.29, 0.717) is 58.7 Å². The van der Waals surface area contributed by atoms with Gasteiger partial charge in [0.05, 0.1) is 0 Å². The molecule has 0 aromatic carbocycles. The normalized spacial score (nSPS) is 39.2. The van der Waals surface area contributed by atoms with Gasteiger partial charge in [-0.25, -0.2) is 0 Å². The number of hydrogen-bond donors (Lipinski definition) is 0. The molecule has 0 spiro atoms. The van der Waals surface area contributed by atoms with Crippen molar-refractivity contribution in [1.29, 1.82) is 0 Å². The summed E-state index contributed by atoms with van der Waals surface area (Å²) in [5.74, 6) is 1.24. The summed E-state index contributed by atoms with van der Waals surface area (Å²) in [5.41, 5.74) is -0.283. The first kappa shape index (κ1) is 48.1. The predicted octanol–water partition coefficient (Wildman–Crippen LogP) is 7.95. The molecule has 0 radical (unpaired) electrons. The highest BCUT2D eigenvalue weighted by molar-refractivity contribution is 7.00. The molecule has 4 aliphatic heterocycles. The molecule has 4 heterocycles. The quantitative estimate of drug-likeness (QED) is 0.140. The van der Waals surface area contributed by atoms with E-state index < -0.39 is 70.9 Å². The van der Waals surface area contributed by atoms with Crippen molar-refractivity contribution in [3.8, 4) is 0 Å². The van der Waals surface area contributed by atoms with Gasteiger partial charge in [-0.05, 0) is 52.9 Å². The lowest BCUT2D eigenvalue weighted by atomic mass is 10.0. The molecule has 0 N–H and O–H groups in total. The third-order valence-electron chi connectivity index (χ3n) is 9.09. The Morgan fingerprint density at radius 1 is 0.426 bits per heavy atom. The highest BCUT2D eigenvalue weighted by Gasteiger charge is 2.79. The Morgan fingerprint density at radius 2 is 0.722 bits per heavy atom. The van der Waals surface area contributed by atoms with Gasteiger partial charge in [0.25, 0.3) is 0 Å². The Hall–Kier alpha value is 1.47. The van der Waals surface area contributed by atoms with Crippen LogP contribution in [0.3, 0.4) is 0 Å². The minimum atomic E-state index is -3.96. The molecule has 8 unspecified atom stereocenters. The molecular formula is C33H78O12Si9. The molecule has 12 nitrogen and oxygen atoms in total.